The number of benzene rings is 1. The Morgan fingerprint density at radius 1 is 1.07 bits per heavy atom. The molecule has 0 aliphatic carbocycles. The Morgan fingerprint density at radius 2 is 1.80 bits per heavy atom. The molecule has 0 saturated carbocycles. The highest BCUT2D eigenvalue weighted by atomic mass is 19.3. The predicted molar refractivity (Wildman–Crippen MR) is 142 cm³/mol. The lowest BCUT2D eigenvalue weighted by atomic mass is 10.1. The van der Waals surface area contributed by atoms with Crippen LogP contribution in [0.2, 0.25) is 0 Å². The number of alkyl halides is 2. The maximum absolute atomic E-state index is 15.3. The first-order valence-electron chi connectivity index (χ1n) is 13.4. The van der Waals surface area contributed by atoms with Crippen LogP contribution in [0.4, 0.5) is 25.1 Å². The lowest BCUT2D eigenvalue weighted by molar-refractivity contribution is -0.176. The van der Waals surface area contributed by atoms with Gasteiger partial charge in [0.2, 0.25) is 12.1 Å². The molecule has 0 spiro atoms. The molecule has 1 fully saturated rings. The number of esters is 1. The summed E-state index contributed by atoms with van der Waals surface area (Å²) in [4.78, 5) is 52.4. The number of halogens is 2. The third-order valence-corrected chi connectivity index (χ3v) is 6.20. The molecule has 3 atom stereocenters. The lowest BCUT2D eigenvalue weighted by Gasteiger charge is -2.24. The van der Waals surface area contributed by atoms with Gasteiger partial charge in [-0.2, -0.15) is 13.8 Å². The number of aliphatic hydroxyl groups is 1. The number of amides is 2. The highest BCUT2D eigenvalue weighted by Crippen LogP contribution is 2.44. The minimum Gasteiger partial charge on any atom is -0.453 e. The average molecular weight is 581 g/mol. The number of ether oxygens (including phenoxy) is 3. The van der Waals surface area contributed by atoms with Gasteiger partial charge in [0, 0.05) is 18.3 Å². The maximum Gasteiger partial charge on any atom is 0.412 e. The fourth-order valence-corrected chi connectivity index (χ4v) is 4.09. The number of carbonyl (C=O) groups is 3. The van der Waals surface area contributed by atoms with Crippen molar-refractivity contribution < 1.29 is 42.5 Å². The van der Waals surface area contributed by atoms with E-state index in [1.165, 1.54) is 0 Å². The van der Waals surface area contributed by atoms with Crippen LogP contribution in [0.1, 0.15) is 58.1 Å². The van der Waals surface area contributed by atoms with E-state index in [0.29, 0.717) is 16.7 Å². The summed E-state index contributed by atoms with van der Waals surface area (Å²) in [6.07, 6.45) is -2.14. The second kappa shape index (κ2) is 15.2. The first-order chi connectivity index (χ1) is 19.6. The zero-order chi connectivity index (χ0) is 29.8. The van der Waals surface area contributed by atoms with E-state index in [1.54, 1.807) is 30.3 Å². The largest absolute Gasteiger partial charge is 0.453 e. The second-order valence-electron chi connectivity index (χ2n) is 9.39. The molecular formula is C27H34F2N4O8. The number of hydrogen-bond donors (Lipinski definition) is 3. The summed E-state index contributed by atoms with van der Waals surface area (Å²) in [5, 5.41) is 14.4. The summed E-state index contributed by atoms with van der Waals surface area (Å²) in [5.74, 6) is -5.82. The predicted octanol–water partition coefficient (Wildman–Crippen LogP) is 3.62. The Morgan fingerprint density at radius 3 is 2.49 bits per heavy atom. The van der Waals surface area contributed by atoms with Gasteiger partial charge in [-0.1, -0.05) is 50.8 Å². The van der Waals surface area contributed by atoms with E-state index >= 15 is 8.78 Å². The fourth-order valence-electron chi connectivity index (χ4n) is 4.09. The van der Waals surface area contributed by atoms with Crippen LogP contribution in [0.5, 0.6) is 0 Å². The van der Waals surface area contributed by atoms with Crippen molar-refractivity contribution in [3.8, 4) is 0 Å². The molecule has 3 rings (SSSR count). The summed E-state index contributed by atoms with van der Waals surface area (Å²) in [7, 11) is 0. The number of nitrogens with one attached hydrogen (secondary N) is 2. The van der Waals surface area contributed by atoms with Gasteiger partial charge in [-0.25, -0.2) is 9.59 Å². The van der Waals surface area contributed by atoms with Crippen LogP contribution in [-0.2, 0) is 23.8 Å². The molecular weight excluding hydrogens is 546 g/mol. The average Bonchev–Trinajstić information content (AvgIpc) is 3.19. The van der Waals surface area contributed by atoms with Crippen molar-refractivity contribution in [3.63, 3.8) is 0 Å². The first kappa shape index (κ1) is 31.6. The molecule has 0 radical (unpaired) electrons. The Labute approximate surface area is 235 Å². The van der Waals surface area contributed by atoms with Gasteiger partial charge in [0.15, 0.2) is 6.10 Å². The van der Waals surface area contributed by atoms with Crippen LogP contribution in [0.25, 0.3) is 0 Å². The van der Waals surface area contributed by atoms with Gasteiger partial charge in [0.05, 0.1) is 19.6 Å². The first-order valence-corrected chi connectivity index (χ1v) is 13.4. The summed E-state index contributed by atoms with van der Waals surface area (Å²) in [5.41, 5.74) is -0.687. The van der Waals surface area contributed by atoms with Gasteiger partial charge in [-0.15, -0.1) is 0 Å². The SMILES string of the molecule is CCCCCCCOC(=O)Nc1ccn([C@@H]2O[C@H](CO)[C@@H](OC(=O)CCC(=O)Nc3ccccc3)C2(F)F)c(=O)n1. The maximum atomic E-state index is 15.3. The molecule has 2 heterocycles. The van der Waals surface area contributed by atoms with Crippen molar-refractivity contribution in [2.24, 2.45) is 0 Å². The van der Waals surface area contributed by atoms with Gasteiger partial charge >= 0.3 is 23.7 Å². The minimum atomic E-state index is -3.95. The quantitative estimate of drug-likeness (QED) is 0.224. The van der Waals surface area contributed by atoms with Crippen LogP contribution in [0.3, 0.4) is 0 Å². The number of hydrogen-bond acceptors (Lipinski definition) is 9. The number of aromatic nitrogens is 2. The number of anilines is 2. The number of unbranched alkanes of at least 4 members (excludes halogenated alkanes) is 4. The second-order valence-corrected chi connectivity index (χ2v) is 9.39. The molecule has 12 nitrogen and oxygen atoms in total. The molecule has 1 aromatic carbocycles. The standard InChI is InChI=1S/C27H34F2N4O8/c1-2-3-4-5-9-16-39-26(38)32-20-14-15-33(25(37)31-20)24-27(28,29)23(19(17-34)40-24)41-22(36)13-12-21(35)30-18-10-7-6-8-11-18/h6-8,10-11,14-15,19,23-24,34H,2-5,9,12-13,16-17H2,1H3,(H,30,35)(H,31,32,37,38)/t19-,23-,24-/m1/s1. The summed E-state index contributed by atoms with van der Waals surface area (Å²) >= 11 is 0. The van der Waals surface area contributed by atoms with Gasteiger partial charge in [-0.05, 0) is 24.6 Å². The third kappa shape index (κ3) is 9.05. The van der Waals surface area contributed by atoms with E-state index in [9.17, 15) is 24.3 Å². The Balaban J connectivity index is 1.56. The minimum absolute atomic E-state index is 0.176. The molecule has 0 unspecified atom stereocenters. The van der Waals surface area contributed by atoms with E-state index in [-0.39, 0.29) is 18.8 Å². The number of carbonyl (C=O) groups excluding carboxylic acids is 3. The molecule has 1 aliphatic rings. The fraction of sp³-hybridized carbons (Fsp3) is 0.519. The molecule has 41 heavy (non-hydrogen) atoms. The number of para-hydroxylation sites is 1. The Bertz CT molecular complexity index is 1230. The molecule has 1 aromatic heterocycles. The van der Waals surface area contributed by atoms with Gasteiger partial charge in [-0.3, -0.25) is 19.5 Å². The highest BCUT2D eigenvalue weighted by molar-refractivity contribution is 5.92. The van der Waals surface area contributed by atoms with E-state index in [1.807, 2.05) is 0 Å². The highest BCUT2D eigenvalue weighted by Gasteiger charge is 2.62. The van der Waals surface area contributed by atoms with Crippen LogP contribution in [0, 0.1) is 0 Å². The van der Waals surface area contributed by atoms with Crippen molar-refractivity contribution in [1.29, 1.82) is 0 Å². The van der Waals surface area contributed by atoms with Crippen LogP contribution >= 0.6 is 0 Å². The van der Waals surface area contributed by atoms with Crippen molar-refractivity contribution in [2.45, 2.75) is 76.2 Å². The van der Waals surface area contributed by atoms with Crippen molar-refractivity contribution in [3.05, 3.63) is 53.1 Å². The van der Waals surface area contributed by atoms with Gasteiger partial charge < -0.3 is 24.6 Å². The molecule has 0 bridgehead atoms. The van der Waals surface area contributed by atoms with Gasteiger partial charge in [0.25, 0.3) is 0 Å². The third-order valence-electron chi connectivity index (χ3n) is 6.20. The lowest BCUT2D eigenvalue weighted by Crippen LogP contribution is -2.44. The monoisotopic (exact) mass is 580 g/mol. The summed E-state index contributed by atoms with van der Waals surface area (Å²) in [6, 6.07) is 9.54. The number of nitrogens with zero attached hydrogens (tertiary/aromatic N) is 2. The summed E-state index contributed by atoms with van der Waals surface area (Å²) in [6.45, 7) is 1.32. The van der Waals surface area contributed by atoms with Gasteiger partial charge in [0.1, 0.15) is 11.9 Å². The molecule has 1 saturated heterocycles. The molecule has 3 N–H and O–H groups in total. The van der Waals surface area contributed by atoms with Crippen molar-refractivity contribution in [2.75, 3.05) is 23.8 Å². The Hall–Kier alpha value is -3.91. The van der Waals surface area contributed by atoms with Crippen molar-refractivity contribution >= 4 is 29.5 Å². The van der Waals surface area contributed by atoms with Crippen LogP contribution in [-0.4, -0.2) is 64.0 Å². The van der Waals surface area contributed by atoms with E-state index in [4.69, 9.17) is 14.2 Å². The van der Waals surface area contributed by atoms with Crippen LogP contribution in [0.15, 0.2) is 47.4 Å². The van der Waals surface area contributed by atoms with E-state index < -0.39 is 61.0 Å². The molecule has 2 amide bonds. The topological polar surface area (TPSA) is 158 Å². The molecule has 2 aromatic rings. The molecule has 224 valence electrons. The normalized spacial score (nSPS) is 19.4. The van der Waals surface area contributed by atoms with Crippen LogP contribution < -0.4 is 16.3 Å². The summed E-state index contributed by atoms with van der Waals surface area (Å²) < 4.78 is 46.2. The zero-order valence-electron chi connectivity index (χ0n) is 22.6. The smallest absolute Gasteiger partial charge is 0.412 e. The molecule has 1 aliphatic heterocycles. The van der Waals surface area contributed by atoms with E-state index in [0.717, 1.165) is 37.9 Å². The zero-order valence-corrected chi connectivity index (χ0v) is 22.6. The molecule has 14 heteroatoms. The Kier molecular flexibility index (Phi) is 11.7. The number of aliphatic hydroxyl groups excluding tert-OH is 1. The van der Waals surface area contributed by atoms with E-state index in [2.05, 4.69) is 22.5 Å². The number of rotatable bonds is 14. The van der Waals surface area contributed by atoms with Crippen molar-refractivity contribution in [1.82, 2.24) is 9.55 Å².